The van der Waals surface area contributed by atoms with E-state index in [0.29, 0.717) is 6.54 Å². The maximum atomic E-state index is 5.46. The molecule has 0 radical (unpaired) electrons. The molecule has 6 nitrogen and oxygen atoms in total. The summed E-state index contributed by atoms with van der Waals surface area (Å²) < 4.78 is 10.9. The topological polar surface area (TPSA) is 62.0 Å². The Labute approximate surface area is 168 Å². The fraction of sp³-hybridized carbons (Fsp3) is 0.500. The first kappa shape index (κ1) is 20.4. The second kappa shape index (κ2) is 11.5. The van der Waals surface area contributed by atoms with Crippen molar-refractivity contribution in [1.29, 1.82) is 0 Å². The fourth-order valence-corrected chi connectivity index (χ4v) is 3.21. The highest BCUT2D eigenvalue weighted by atomic mass is 16.5. The summed E-state index contributed by atoms with van der Waals surface area (Å²) in [5, 5.41) is 6.82. The zero-order chi connectivity index (χ0) is 19.4. The van der Waals surface area contributed by atoms with Gasteiger partial charge in [0.05, 0.1) is 26.0 Å². The van der Waals surface area contributed by atoms with E-state index < -0.39 is 0 Å². The first-order chi connectivity index (χ1) is 13.8. The van der Waals surface area contributed by atoms with Crippen LogP contribution in [0.1, 0.15) is 30.2 Å². The third kappa shape index (κ3) is 6.69. The highest BCUT2D eigenvalue weighted by Crippen LogP contribution is 2.14. The van der Waals surface area contributed by atoms with Crippen molar-refractivity contribution < 1.29 is 9.15 Å². The third-order valence-electron chi connectivity index (χ3n) is 4.81. The van der Waals surface area contributed by atoms with Gasteiger partial charge in [-0.2, -0.15) is 0 Å². The normalized spacial score (nSPS) is 15.5. The Bertz CT molecular complexity index is 709. The van der Waals surface area contributed by atoms with Gasteiger partial charge in [-0.25, -0.2) is 4.99 Å². The summed E-state index contributed by atoms with van der Waals surface area (Å²) >= 11 is 0. The second-order valence-corrected chi connectivity index (χ2v) is 7.00. The molecule has 1 saturated heterocycles. The van der Waals surface area contributed by atoms with Gasteiger partial charge < -0.3 is 19.8 Å². The number of guanidine groups is 1. The molecule has 0 aliphatic carbocycles. The van der Waals surface area contributed by atoms with E-state index in [-0.39, 0.29) is 0 Å². The molecule has 28 heavy (non-hydrogen) atoms. The van der Waals surface area contributed by atoms with Crippen molar-refractivity contribution in [2.24, 2.45) is 4.99 Å². The number of rotatable bonds is 9. The van der Waals surface area contributed by atoms with Gasteiger partial charge in [-0.05, 0) is 29.7 Å². The number of nitrogens with one attached hydrogen (secondary N) is 2. The van der Waals surface area contributed by atoms with Crippen LogP contribution < -0.4 is 10.6 Å². The van der Waals surface area contributed by atoms with Crippen molar-refractivity contribution in [2.45, 2.75) is 32.9 Å². The average Bonchev–Trinajstić information content (AvgIpc) is 3.25. The van der Waals surface area contributed by atoms with Gasteiger partial charge in [0.25, 0.3) is 0 Å². The first-order valence-corrected chi connectivity index (χ1v) is 10.3. The molecule has 2 N–H and O–H groups in total. The van der Waals surface area contributed by atoms with Gasteiger partial charge in [0.2, 0.25) is 0 Å². The lowest BCUT2D eigenvalue weighted by molar-refractivity contribution is 0.0341. The monoisotopic (exact) mass is 384 g/mol. The van der Waals surface area contributed by atoms with Crippen LogP contribution >= 0.6 is 0 Å². The molecule has 0 unspecified atom stereocenters. The smallest absolute Gasteiger partial charge is 0.191 e. The van der Waals surface area contributed by atoms with Gasteiger partial charge in [0, 0.05) is 39.1 Å². The van der Waals surface area contributed by atoms with Crippen LogP contribution in [0.5, 0.6) is 0 Å². The van der Waals surface area contributed by atoms with E-state index in [9.17, 15) is 0 Å². The standard InChI is InChI=1S/C22H32N4O2/c1-2-10-23-22(24-11-9-21-8-5-14-28-21)25-17-19-6-3-4-7-20(19)18-26-12-15-27-16-13-26/h3-8,14H,2,9-13,15-18H2,1H3,(H2,23,24,25). The summed E-state index contributed by atoms with van der Waals surface area (Å²) in [6.07, 6.45) is 3.62. The van der Waals surface area contributed by atoms with Gasteiger partial charge in [-0.3, -0.25) is 4.90 Å². The molecule has 0 atom stereocenters. The molecule has 0 spiro atoms. The van der Waals surface area contributed by atoms with Crippen molar-refractivity contribution in [3.63, 3.8) is 0 Å². The largest absolute Gasteiger partial charge is 0.469 e. The minimum Gasteiger partial charge on any atom is -0.469 e. The van der Waals surface area contributed by atoms with Crippen LogP contribution in [0.2, 0.25) is 0 Å². The molecule has 2 heterocycles. The lowest BCUT2D eigenvalue weighted by atomic mass is 10.1. The highest BCUT2D eigenvalue weighted by Gasteiger charge is 2.12. The van der Waals surface area contributed by atoms with Gasteiger partial charge in [-0.1, -0.05) is 31.2 Å². The molecule has 1 aromatic heterocycles. The maximum Gasteiger partial charge on any atom is 0.191 e. The van der Waals surface area contributed by atoms with Gasteiger partial charge in [0.1, 0.15) is 5.76 Å². The predicted octanol–water partition coefficient (Wildman–Crippen LogP) is 2.80. The summed E-state index contributed by atoms with van der Waals surface area (Å²) in [6, 6.07) is 12.5. The molecule has 1 aromatic carbocycles. The molecule has 1 aliphatic heterocycles. The van der Waals surface area contributed by atoms with Crippen molar-refractivity contribution in [1.82, 2.24) is 15.5 Å². The highest BCUT2D eigenvalue weighted by molar-refractivity contribution is 5.79. The molecular weight excluding hydrogens is 352 g/mol. The van der Waals surface area contributed by atoms with E-state index in [1.54, 1.807) is 6.26 Å². The fourth-order valence-electron chi connectivity index (χ4n) is 3.21. The lowest BCUT2D eigenvalue weighted by Crippen LogP contribution is -2.38. The number of ether oxygens (including phenoxy) is 1. The molecule has 3 rings (SSSR count). The lowest BCUT2D eigenvalue weighted by Gasteiger charge is -2.27. The van der Waals surface area contributed by atoms with Crippen molar-refractivity contribution in [3.05, 3.63) is 59.5 Å². The molecule has 1 aliphatic rings. The quantitative estimate of drug-likeness (QED) is 0.514. The van der Waals surface area contributed by atoms with Crippen LogP contribution in [0, 0.1) is 0 Å². The predicted molar refractivity (Wildman–Crippen MR) is 112 cm³/mol. The number of aliphatic imine (C=N–C) groups is 1. The number of furan rings is 1. The van der Waals surface area contributed by atoms with Crippen LogP contribution in [0.3, 0.4) is 0 Å². The SMILES string of the molecule is CCCNC(=NCc1ccccc1CN1CCOCC1)NCCc1ccco1. The molecular formula is C22H32N4O2. The minimum atomic E-state index is 0.667. The number of hydrogen-bond acceptors (Lipinski definition) is 4. The number of morpholine rings is 1. The van der Waals surface area contributed by atoms with E-state index in [1.165, 1.54) is 11.1 Å². The Morgan fingerprint density at radius 2 is 1.82 bits per heavy atom. The Balaban J connectivity index is 1.58. The second-order valence-electron chi connectivity index (χ2n) is 7.00. The third-order valence-corrected chi connectivity index (χ3v) is 4.81. The average molecular weight is 385 g/mol. The maximum absolute atomic E-state index is 5.46. The van der Waals surface area contributed by atoms with Crippen LogP contribution in [-0.4, -0.2) is 50.3 Å². The number of benzene rings is 1. The van der Waals surface area contributed by atoms with Crippen molar-refractivity contribution >= 4 is 5.96 Å². The molecule has 2 aromatic rings. The van der Waals surface area contributed by atoms with E-state index in [1.807, 2.05) is 12.1 Å². The molecule has 1 fully saturated rings. The number of hydrogen-bond donors (Lipinski definition) is 2. The van der Waals surface area contributed by atoms with E-state index in [0.717, 1.165) is 70.5 Å². The molecule has 152 valence electrons. The Morgan fingerprint density at radius 1 is 1.04 bits per heavy atom. The molecule has 0 amide bonds. The Morgan fingerprint density at radius 3 is 2.57 bits per heavy atom. The summed E-state index contributed by atoms with van der Waals surface area (Å²) in [5.74, 6) is 1.84. The van der Waals surface area contributed by atoms with E-state index in [2.05, 4.69) is 46.7 Å². The van der Waals surface area contributed by atoms with E-state index >= 15 is 0 Å². The van der Waals surface area contributed by atoms with Gasteiger partial charge in [0.15, 0.2) is 5.96 Å². The zero-order valence-corrected chi connectivity index (χ0v) is 16.8. The van der Waals surface area contributed by atoms with Crippen LogP contribution in [0.4, 0.5) is 0 Å². The summed E-state index contributed by atoms with van der Waals surface area (Å²) in [4.78, 5) is 7.27. The molecule has 0 bridgehead atoms. The van der Waals surface area contributed by atoms with Crippen molar-refractivity contribution in [2.75, 3.05) is 39.4 Å². The van der Waals surface area contributed by atoms with E-state index in [4.69, 9.17) is 14.1 Å². The first-order valence-electron chi connectivity index (χ1n) is 10.3. The zero-order valence-electron chi connectivity index (χ0n) is 16.8. The van der Waals surface area contributed by atoms with Crippen LogP contribution in [-0.2, 0) is 24.2 Å². The summed E-state index contributed by atoms with van der Waals surface area (Å²) in [7, 11) is 0. The van der Waals surface area contributed by atoms with Gasteiger partial charge >= 0.3 is 0 Å². The Hall–Kier alpha value is -2.31. The minimum absolute atomic E-state index is 0.667. The number of nitrogens with zero attached hydrogens (tertiary/aromatic N) is 2. The van der Waals surface area contributed by atoms with Crippen molar-refractivity contribution in [3.8, 4) is 0 Å². The van der Waals surface area contributed by atoms with Crippen LogP contribution in [0.25, 0.3) is 0 Å². The molecule has 6 heteroatoms. The molecule has 0 saturated carbocycles. The Kier molecular flexibility index (Phi) is 8.40. The van der Waals surface area contributed by atoms with Gasteiger partial charge in [-0.15, -0.1) is 0 Å². The summed E-state index contributed by atoms with van der Waals surface area (Å²) in [6.45, 7) is 9.12. The van der Waals surface area contributed by atoms with Crippen LogP contribution in [0.15, 0.2) is 52.1 Å². The summed E-state index contributed by atoms with van der Waals surface area (Å²) in [5.41, 5.74) is 2.62.